The van der Waals surface area contributed by atoms with Gasteiger partial charge in [0.25, 0.3) is 0 Å². The van der Waals surface area contributed by atoms with Gasteiger partial charge in [-0.1, -0.05) is 12.1 Å². The van der Waals surface area contributed by atoms with Crippen LogP contribution in [-0.2, 0) is 22.3 Å². The number of likely N-dealkylation sites (tertiary alicyclic amines) is 1. The van der Waals surface area contributed by atoms with Gasteiger partial charge in [0, 0.05) is 24.0 Å². The van der Waals surface area contributed by atoms with E-state index in [0.29, 0.717) is 42.2 Å². The van der Waals surface area contributed by atoms with Crippen LogP contribution in [0.25, 0.3) is 11.3 Å². The number of rotatable bonds is 4. The Labute approximate surface area is 188 Å². The SMILES string of the molecule is CC(C)(C)OC(=O)N1CCC[C@H](C(=O)NCc2nc(-c3ccc(C(F)(F)F)cc3)cs2)C1. The molecule has 0 radical (unpaired) electrons. The summed E-state index contributed by atoms with van der Waals surface area (Å²) in [6.07, 6.45) is -3.41. The van der Waals surface area contributed by atoms with Crippen molar-refractivity contribution < 1.29 is 27.5 Å². The molecule has 0 aliphatic carbocycles. The van der Waals surface area contributed by atoms with Crippen molar-refractivity contribution in [2.45, 2.75) is 51.9 Å². The predicted octanol–water partition coefficient (Wildman–Crippen LogP) is 5.09. The lowest BCUT2D eigenvalue weighted by Crippen LogP contribution is -2.46. The molecule has 32 heavy (non-hydrogen) atoms. The molecule has 0 bridgehead atoms. The van der Waals surface area contributed by atoms with Crippen LogP contribution < -0.4 is 5.32 Å². The highest BCUT2D eigenvalue weighted by molar-refractivity contribution is 7.09. The summed E-state index contributed by atoms with van der Waals surface area (Å²) in [7, 11) is 0. The lowest BCUT2D eigenvalue weighted by Gasteiger charge is -2.33. The van der Waals surface area contributed by atoms with Gasteiger partial charge in [0.1, 0.15) is 10.6 Å². The first-order chi connectivity index (χ1) is 14.9. The third-order valence-corrected chi connectivity index (χ3v) is 5.77. The summed E-state index contributed by atoms with van der Waals surface area (Å²) in [5.41, 5.74) is -0.173. The van der Waals surface area contributed by atoms with Crippen molar-refractivity contribution >= 4 is 23.3 Å². The van der Waals surface area contributed by atoms with Crippen molar-refractivity contribution in [2.24, 2.45) is 5.92 Å². The molecule has 1 aromatic heterocycles. The number of halogens is 3. The fourth-order valence-corrected chi connectivity index (χ4v) is 4.09. The fraction of sp³-hybridized carbons (Fsp3) is 0.500. The van der Waals surface area contributed by atoms with Gasteiger partial charge in [0.05, 0.1) is 23.7 Å². The van der Waals surface area contributed by atoms with Crippen LogP contribution in [0.2, 0.25) is 0 Å². The van der Waals surface area contributed by atoms with Gasteiger partial charge < -0.3 is 15.0 Å². The highest BCUT2D eigenvalue weighted by Crippen LogP contribution is 2.31. The van der Waals surface area contributed by atoms with Crippen LogP contribution in [0.4, 0.5) is 18.0 Å². The molecule has 1 aromatic carbocycles. The molecule has 2 aromatic rings. The number of benzene rings is 1. The monoisotopic (exact) mass is 469 g/mol. The Morgan fingerprint density at radius 1 is 1.22 bits per heavy atom. The second-order valence-corrected chi connectivity index (χ2v) is 9.63. The molecule has 1 atom stereocenters. The summed E-state index contributed by atoms with van der Waals surface area (Å²) >= 11 is 1.32. The van der Waals surface area contributed by atoms with Gasteiger partial charge >= 0.3 is 12.3 Å². The van der Waals surface area contributed by atoms with Crippen LogP contribution in [0, 0.1) is 5.92 Å². The summed E-state index contributed by atoms with van der Waals surface area (Å²) in [5, 5.41) is 5.24. The van der Waals surface area contributed by atoms with E-state index >= 15 is 0 Å². The third-order valence-electron chi connectivity index (χ3n) is 4.92. The minimum Gasteiger partial charge on any atom is -0.444 e. The molecule has 0 saturated carbocycles. The van der Waals surface area contributed by atoms with Crippen molar-refractivity contribution in [3.63, 3.8) is 0 Å². The summed E-state index contributed by atoms with van der Waals surface area (Å²) in [5.74, 6) is -0.491. The number of aromatic nitrogens is 1. The normalized spacial score (nSPS) is 17.2. The Hall–Kier alpha value is -2.62. The number of amides is 2. The Balaban J connectivity index is 1.54. The second-order valence-electron chi connectivity index (χ2n) is 8.68. The van der Waals surface area contributed by atoms with Gasteiger partial charge in [-0.2, -0.15) is 13.2 Å². The summed E-state index contributed by atoms with van der Waals surface area (Å²) in [6.45, 7) is 6.47. The quantitative estimate of drug-likeness (QED) is 0.677. The molecule has 1 fully saturated rings. The molecular weight excluding hydrogens is 443 g/mol. The molecule has 1 aliphatic rings. The number of carbonyl (C=O) groups excluding carboxylic acids is 2. The van der Waals surface area contributed by atoms with E-state index < -0.39 is 23.4 Å². The van der Waals surface area contributed by atoms with Crippen LogP contribution in [0.1, 0.15) is 44.2 Å². The minimum absolute atomic E-state index is 0.162. The zero-order chi connectivity index (χ0) is 23.5. The first-order valence-corrected chi connectivity index (χ1v) is 11.2. The maximum atomic E-state index is 12.7. The number of thiazole rings is 1. The van der Waals surface area contributed by atoms with Crippen molar-refractivity contribution in [2.75, 3.05) is 13.1 Å². The number of hydrogen-bond donors (Lipinski definition) is 1. The molecule has 1 saturated heterocycles. The average Bonchev–Trinajstić information content (AvgIpc) is 3.19. The topological polar surface area (TPSA) is 71.5 Å². The largest absolute Gasteiger partial charge is 0.444 e. The molecular formula is C22H26F3N3O3S. The van der Waals surface area contributed by atoms with Crippen molar-refractivity contribution in [1.82, 2.24) is 15.2 Å². The van der Waals surface area contributed by atoms with Crippen molar-refractivity contribution in [3.8, 4) is 11.3 Å². The van der Waals surface area contributed by atoms with Crippen LogP contribution >= 0.6 is 11.3 Å². The molecule has 0 spiro atoms. The van der Waals surface area contributed by atoms with E-state index in [0.717, 1.165) is 12.1 Å². The lowest BCUT2D eigenvalue weighted by molar-refractivity contribution is -0.137. The van der Waals surface area contributed by atoms with Crippen LogP contribution in [0.3, 0.4) is 0 Å². The molecule has 2 heterocycles. The smallest absolute Gasteiger partial charge is 0.416 e. The van der Waals surface area contributed by atoms with E-state index in [1.54, 1.807) is 31.1 Å². The van der Waals surface area contributed by atoms with E-state index in [-0.39, 0.29) is 18.4 Å². The predicted molar refractivity (Wildman–Crippen MR) is 115 cm³/mol. The first-order valence-electron chi connectivity index (χ1n) is 10.3. The van der Waals surface area contributed by atoms with Gasteiger partial charge in [-0.3, -0.25) is 4.79 Å². The molecule has 10 heteroatoms. The summed E-state index contributed by atoms with van der Waals surface area (Å²) < 4.78 is 43.5. The van der Waals surface area contributed by atoms with Gasteiger partial charge in [-0.25, -0.2) is 9.78 Å². The molecule has 174 valence electrons. The third kappa shape index (κ3) is 6.44. The van der Waals surface area contributed by atoms with Crippen molar-refractivity contribution in [3.05, 3.63) is 40.2 Å². The van der Waals surface area contributed by atoms with E-state index in [1.165, 1.54) is 23.5 Å². The van der Waals surface area contributed by atoms with Crippen LogP contribution in [0.15, 0.2) is 29.6 Å². The Morgan fingerprint density at radius 3 is 2.53 bits per heavy atom. The Kier molecular flexibility index (Phi) is 7.12. The molecule has 2 amide bonds. The summed E-state index contributed by atoms with van der Waals surface area (Å²) in [4.78, 5) is 30.9. The number of hydrogen-bond acceptors (Lipinski definition) is 5. The molecule has 6 nitrogen and oxygen atoms in total. The average molecular weight is 470 g/mol. The van der Waals surface area contributed by atoms with E-state index in [1.807, 2.05) is 0 Å². The highest BCUT2D eigenvalue weighted by Gasteiger charge is 2.31. The first kappa shape index (κ1) is 24.0. The standard InChI is InChI=1S/C22H26F3N3O3S/c1-21(2,3)31-20(30)28-10-4-5-15(12-28)19(29)26-11-18-27-17(13-32-18)14-6-8-16(9-7-14)22(23,24)25/h6-9,13,15H,4-5,10-12H2,1-3H3,(H,26,29)/t15-/m0/s1. The zero-order valence-corrected chi connectivity index (χ0v) is 19.0. The minimum atomic E-state index is -4.38. The van der Waals surface area contributed by atoms with Crippen LogP contribution in [-0.4, -0.2) is 40.6 Å². The lowest BCUT2D eigenvalue weighted by atomic mass is 9.97. The molecule has 0 unspecified atom stereocenters. The van der Waals surface area contributed by atoms with E-state index in [4.69, 9.17) is 4.74 Å². The second kappa shape index (κ2) is 9.48. The number of alkyl halides is 3. The van der Waals surface area contributed by atoms with E-state index in [2.05, 4.69) is 10.3 Å². The van der Waals surface area contributed by atoms with Crippen LogP contribution in [0.5, 0.6) is 0 Å². The Morgan fingerprint density at radius 2 is 1.91 bits per heavy atom. The van der Waals surface area contributed by atoms with Gasteiger partial charge in [-0.15, -0.1) is 11.3 Å². The maximum absolute atomic E-state index is 12.7. The van der Waals surface area contributed by atoms with Crippen molar-refractivity contribution in [1.29, 1.82) is 0 Å². The van der Waals surface area contributed by atoms with Gasteiger partial charge in [0.2, 0.25) is 5.91 Å². The zero-order valence-electron chi connectivity index (χ0n) is 18.2. The number of piperidine rings is 1. The highest BCUT2D eigenvalue weighted by atomic mass is 32.1. The van der Waals surface area contributed by atoms with E-state index in [9.17, 15) is 22.8 Å². The van der Waals surface area contributed by atoms with Gasteiger partial charge in [-0.05, 0) is 45.7 Å². The molecule has 1 N–H and O–H groups in total. The summed E-state index contributed by atoms with van der Waals surface area (Å²) in [6, 6.07) is 4.81. The van der Waals surface area contributed by atoms with Gasteiger partial charge in [0.15, 0.2) is 0 Å². The number of carbonyl (C=O) groups is 2. The molecule has 3 rings (SSSR count). The fourth-order valence-electron chi connectivity index (χ4n) is 3.35. The Bertz CT molecular complexity index is 952. The number of nitrogens with one attached hydrogen (secondary N) is 1. The number of nitrogens with zero attached hydrogens (tertiary/aromatic N) is 2. The molecule has 1 aliphatic heterocycles. The maximum Gasteiger partial charge on any atom is 0.416 e. The number of ether oxygens (including phenoxy) is 1.